The molecule has 1 aromatic carbocycles. The molecule has 102 valence electrons. The van der Waals surface area contributed by atoms with E-state index in [4.69, 9.17) is 4.74 Å². The molecule has 0 aromatic heterocycles. The Morgan fingerprint density at radius 2 is 2.00 bits per heavy atom. The summed E-state index contributed by atoms with van der Waals surface area (Å²) in [7, 11) is 1.57. The molecule has 0 fully saturated rings. The van der Waals surface area contributed by atoms with Crippen LogP contribution in [-0.4, -0.2) is 32.0 Å². The number of carbonyl (C=O) groups excluding carboxylic acids is 2. The van der Waals surface area contributed by atoms with Crippen LogP contribution in [0.4, 0.5) is 5.69 Å². The van der Waals surface area contributed by atoms with Gasteiger partial charge in [0.1, 0.15) is 12.3 Å². The first-order valence-electron chi connectivity index (χ1n) is 5.88. The Bertz CT molecular complexity index is 454. The van der Waals surface area contributed by atoms with Crippen LogP contribution in [0.3, 0.4) is 0 Å². The van der Waals surface area contributed by atoms with E-state index in [9.17, 15) is 9.59 Å². The first-order chi connectivity index (χ1) is 9.08. The minimum absolute atomic E-state index is 0.0184. The number of anilines is 1. The maximum Gasteiger partial charge on any atom is 0.240 e. The highest BCUT2D eigenvalue weighted by atomic mass is 16.5. The van der Waals surface area contributed by atoms with E-state index in [0.29, 0.717) is 18.0 Å². The summed E-state index contributed by atoms with van der Waals surface area (Å²) in [6.07, 6.45) is 1.59. The Morgan fingerprint density at radius 1 is 1.37 bits per heavy atom. The lowest BCUT2D eigenvalue weighted by atomic mass is 10.2. The molecule has 0 saturated carbocycles. The molecule has 0 unspecified atom stereocenters. The molecule has 5 nitrogen and oxygen atoms in total. The van der Waals surface area contributed by atoms with Gasteiger partial charge in [0, 0.05) is 19.2 Å². The van der Waals surface area contributed by atoms with Gasteiger partial charge < -0.3 is 15.0 Å². The number of benzene rings is 1. The van der Waals surface area contributed by atoms with Crippen LogP contribution >= 0.6 is 0 Å². The predicted molar refractivity (Wildman–Crippen MR) is 74.2 cm³/mol. The first kappa shape index (κ1) is 14.8. The molecule has 2 amide bonds. The van der Waals surface area contributed by atoms with Crippen molar-refractivity contribution in [3.05, 3.63) is 36.9 Å². The van der Waals surface area contributed by atoms with E-state index in [1.807, 2.05) is 0 Å². The monoisotopic (exact) mass is 262 g/mol. The third-order valence-electron chi connectivity index (χ3n) is 2.51. The molecule has 1 rings (SSSR count). The normalized spacial score (nSPS) is 9.58. The molecule has 0 spiro atoms. The third-order valence-corrected chi connectivity index (χ3v) is 2.51. The van der Waals surface area contributed by atoms with Crippen LogP contribution < -0.4 is 15.0 Å². The van der Waals surface area contributed by atoms with Gasteiger partial charge in [-0.1, -0.05) is 6.08 Å². The molecule has 0 saturated heterocycles. The molecular formula is C14H18N2O3. The number of ether oxygens (including phenoxy) is 1. The Kier molecular flexibility index (Phi) is 5.60. The van der Waals surface area contributed by atoms with Gasteiger partial charge in [0.25, 0.3) is 0 Å². The average molecular weight is 262 g/mol. The molecule has 1 aromatic rings. The van der Waals surface area contributed by atoms with E-state index < -0.39 is 0 Å². The molecule has 0 aliphatic carbocycles. The molecule has 1 N–H and O–H groups in total. The second kappa shape index (κ2) is 7.20. The van der Waals surface area contributed by atoms with Gasteiger partial charge in [0.05, 0.1) is 7.11 Å². The highest BCUT2D eigenvalue weighted by molar-refractivity contribution is 5.97. The highest BCUT2D eigenvalue weighted by Gasteiger charge is 2.15. The van der Waals surface area contributed by atoms with E-state index >= 15 is 0 Å². The zero-order chi connectivity index (χ0) is 14.3. The van der Waals surface area contributed by atoms with E-state index in [-0.39, 0.29) is 18.4 Å². The molecule has 0 heterocycles. The van der Waals surface area contributed by atoms with Crippen molar-refractivity contribution in [2.75, 3.05) is 25.1 Å². The summed E-state index contributed by atoms with van der Waals surface area (Å²) in [5.41, 5.74) is 0.655. The second-order valence-corrected chi connectivity index (χ2v) is 3.90. The predicted octanol–water partition coefficient (Wildman–Crippen LogP) is 1.35. The maximum absolute atomic E-state index is 11.6. The number of nitrogens with zero attached hydrogens (tertiary/aromatic N) is 1. The van der Waals surface area contributed by atoms with Crippen molar-refractivity contribution in [2.24, 2.45) is 0 Å². The number of hydrogen-bond donors (Lipinski definition) is 1. The van der Waals surface area contributed by atoms with Gasteiger partial charge >= 0.3 is 0 Å². The van der Waals surface area contributed by atoms with Crippen LogP contribution in [0, 0.1) is 0 Å². The van der Waals surface area contributed by atoms with Crippen molar-refractivity contribution in [3.63, 3.8) is 0 Å². The third kappa shape index (κ3) is 4.46. The molecule has 0 aliphatic heterocycles. The van der Waals surface area contributed by atoms with Crippen LogP contribution in [0.2, 0.25) is 0 Å². The lowest BCUT2D eigenvalue weighted by Crippen LogP contribution is -2.39. The van der Waals surface area contributed by atoms with Gasteiger partial charge in [0.2, 0.25) is 11.8 Å². The van der Waals surface area contributed by atoms with Gasteiger partial charge in [-0.3, -0.25) is 9.59 Å². The van der Waals surface area contributed by atoms with Crippen LogP contribution in [0.15, 0.2) is 36.9 Å². The second-order valence-electron chi connectivity index (χ2n) is 3.90. The van der Waals surface area contributed by atoms with Crippen molar-refractivity contribution in [3.8, 4) is 5.75 Å². The SMILES string of the molecule is C=CCNC(=O)CN(C(C)=O)c1ccc(OC)cc1. The Labute approximate surface area is 112 Å². The number of rotatable bonds is 6. The summed E-state index contributed by atoms with van der Waals surface area (Å²) in [5, 5.41) is 2.63. The van der Waals surface area contributed by atoms with Crippen molar-refractivity contribution < 1.29 is 14.3 Å². The van der Waals surface area contributed by atoms with E-state index in [0.717, 1.165) is 0 Å². The molecule has 0 atom stereocenters. The lowest BCUT2D eigenvalue weighted by molar-refractivity contribution is -0.122. The van der Waals surface area contributed by atoms with Gasteiger partial charge in [-0.05, 0) is 24.3 Å². The van der Waals surface area contributed by atoms with Crippen molar-refractivity contribution in [1.29, 1.82) is 0 Å². The highest BCUT2D eigenvalue weighted by Crippen LogP contribution is 2.19. The molecule has 0 aliphatic rings. The van der Waals surface area contributed by atoms with Crippen LogP contribution in [0.5, 0.6) is 5.75 Å². The fourth-order valence-corrected chi connectivity index (χ4v) is 1.53. The van der Waals surface area contributed by atoms with E-state index in [1.54, 1.807) is 37.5 Å². The number of hydrogen-bond acceptors (Lipinski definition) is 3. The number of amides is 2. The zero-order valence-corrected chi connectivity index (χ0v) is 11.2. The summed E-state index contributed by atoms with van der Waals surface area (Å²) in [5.74, 6) is 0.271. The lowest BCUT2D eigenvalue weighted by Gasteiger charge is -2.20. The fourth-order valence-electron chi connectivity index (χ4n) is 1.53. The molecule has 19 heavy (non-hydrogen) atoms. The fraction of sp³-hybridized carbons (Fsp3) is 0.286. The maximum atomic E-state index is 11.6. The average Bonchev–Trinajstić information content (AvgIpc) is 2.42. The Hall–Kier alpha value is -2.30. The van der Waals surface area contributed by atoms with Crippen LogP contribution in [-0.2, 0) is 9.59 Å². The molecule has 0 bridgehead atoms. The van der Waals surface area contributed by atoms with Gasteiger partial charge in [-0.15, -0.1) is 6.58 Å². The van der Waals surface area contributed by atoms with Gasteiger partial charge in [-0.2, -0.15) is 0 Å². The summed E-state index contributed by atoms with van der Waals surface area (Å²) in [4.78, 5) is 24.6. The summed E-state index contributed by atoms with van der Waals surface area (Å²) in [6, 6.07) is 6.96. The van der Waals surface area contributed by atoms with Crippen molar-refractivity contribution >= 4 is 17.5 Å². The number of nitrogens with one attached hydrogen (secondary N) is 1. The Morgan fingerprint density at radius 3 is 2.47 bits per heavy atom. The van der Waals surface area contributed by atoms with Gasteiger partial charge in [-0.25, -0.2) is 0 Å². The smallest absolute Gasteiger partial charge is 0.240 e. The quantitative estimate of drug-likeness (QED) is 0.787. The standard InChI is InChI=1S/C14H18N2O3/c1-4-9-15-14(18)10-16(11(2)17)12-5-7-13(19-3)8-6-12/h4-8H,1,9-10H2,2-3H3,(H,15,18). The van der Waals surface area contributed by atoms with Crippen molar-refractivity contribution in [1.82, 2.24) is 5.32 Å². The first-order valence-corrected chi connectivity index (χ1v) is 5.88. The molecule has 0 radical (unpaired) electrons. The van der Waals surface area contributed by atoms with Crippen LogP contribution in [0.1, 0.15) is 6.92 Å². The summed E-state index contributed by atoms with van der Waals surface area (Å²) in [6.45, 7) is 5.30. The minimum Gasteiger partial charge on any atom is -0.497 e. The van der Waals surface area contributed by atoms with Crippen LogP contribution in [0.25, 0.3) is 0 Å². The topological polar surface area (TPSA) is 58.6 Å². The summed E-state index contributed by atoms with van der Waals surface area (Å²) < 4.78 is 5.05. The number of methoxy groups -OCH3 is 1. The molecular weight excluding hydrogens is 244 g/mol. The zero-order valence-electron chi connectivity index (χ0n) is 11.2. The van der Waals surface area contributed by atoms with Gasteiger partial charge in [0.15, 0.2) is 0 Å². The van der Waals surface area contributed by atoms with Crippen molar-refractivity contribution in [2.45, 2.75) is 6.92 Å². The van der Waals surface area contributed by atoms with E-state index in [2.05, 4.69) is 11.9 Å². The number of carbonyl (C=O) groups is 2. The largest absolute Gasteiger partial charge is 0.497 e. The minimum atomic E-state index is -0.231. The Balaban J connectivity index is 2.78. The van der Waals surface area contributed by atoms with E-state index in [1.165, 1.54) is 11.8 Å². The summed E-state index contributed by atoms with van der Waals surface area (Å²) >= 11 is 0. The molecule has 5 heteroatoms.